The lowest BCUT2D eigenvalue weighted by atomic mass is 10.4. The molecule has 0 aliphatic heterocycles. The molecule has 0 aromatic rings. The standard InChI is InChI=1S/C5HN3O5/c9-1-6-5(4(12)13,7-2-10)8-3-11/h(H,12,13). The third-order valence-electron chi connectivity index (χ3n) is 0.892. The Balaban J connectivity index is 5.54. The predicted octanol–water partition coefficient (Wildman–Crippen LogP) is -1.27. The van der Waals surface area contributed by atoms with E-state index in [-0.39, 0.29) is 0 Å². The van der Waals surface area contributed by atoms with Gasteiger partial charge in [-0.2, -0.15) is 0 Å². The van der Waals surface area contributed by atoms with E-state index in [0.717, 1.165) is 18.2 Å². The molecule has 66 valence electrons. The summed E-state index contributed by atoms with van der Waals surface area (Å²) < 4.78 is 0. The van der Waals surface area contributed by atoms with Gasteiger partial charge in [-0.05, 0) is 0 Å². The summed E-state index contributed by atoms with van der Waals surface area (Å²) in [7, 11) is 0. The molecule has 0 aliphatic carbocycles. The molecule has 0 saturated carbocycles. The van der Waals surface area contributed by atoms with Crippen molar-refractivity contribution < 1.29 is 24.3 Å². The molecule has 1 N–H and O–H groups in total. The number of aliphatic carboxylic acids is 1. The van der Waals surface area contributed by atoms with Crippen LogP contribution in [0.1, 0.15) is 0 Å². The Morgan fingerprint density at radius 3 is 1.46 bits per heavy atom. The second-order valence-electron chi connectivity index (χ2n) is 1.55. The summed E-state index contributed by atoms with van der Waals surface area (Å²) in [5.41, 5.74) is 0. The highest BCUT2D eigenvalue weighted by Crippen LogP contribution is 2.12. The summed E-state index contributed by atoms with van der Waals surface area (Å²) in [5, 5.41) is 8.40. The zero-order valence-electron chi connectivity index (χ0n) is 5.92. The monoisotopic (exact) mass is 183 g/mol. The molecule has 0 rings (SSSR count). The molecule has 0 heterocycles. The molecular formula is C5HN3O5. The molecule has 0 saturated heterocycles. The number of rotatable bonds is 4. The minimum Gasteiger partial charge on any atom is -0.476 e. The highest BCUT2D eigenvalue weighted by atomic mass is 16.4. The Labute approximate surface area is 70.3 Å². The number of carbonyl (C=O) groups excluding carboxylic acids is 3. The van der Waals surface area contributed by atoms with Crippen LogP contribution in [-0.2, 0) is 19.2 Å². The van der Waals surface area contributed by atoms with Crippen LogP contribution < -0.4 is 0 Å². The first-order valence-electron chi connectivity index (χ1n) is 2.63. The third kappa shape index (κ3) is 2.28. The van der Waals surface area contributed by atoms with Crippen LogP contribution in [0, 0.1) is 0 Å². The molecule has 0 bridgehead atoms. The van der Waals surface area contributed by atoms with Gasteiger partial charge in [0.05, 0.1) is 0 Å². The second-order valence-corrected chi connectivity index (χ2v) is 1.55. The quantitative estimate of drug-likeness (QED) is 0.429. The highest BCUT2D eigenvalue weighted by molar-refractivity contribution is 5.81. The molecule has 0 aliphatic rings. The summed E-state index contributed by atoms with van der Waals surface area (Å²) in [6.45, 7) is 0. The van der Waals surface area contributed by atoms with Gasteiger partial charge in [0.1, 0.15) is 0 Å². The van der Waals surface area contributed by atoms with Gasteiger partial charge in [0.15, 0.2) is 0 Å². The van der Waals surface area contributed by atoms with Crippen molar-refractivity contribution in [2.24, 2.45) is 15.0 Å². The van der Waals surface area contributed by atoms with E-state index in [1.54, 1.807) is 0 Å². The Bertz CT molecular complexity index is 305. The van der Waals surface area contributed by atoms with Gasteiger partial charge in [-0.3, -0.25) is 0 Å². The van der Waals surface area contributed by atoms with Crippen molar-refractivity contribution in [3.63, 3.8) is 0 Å². The lowest BCUT2D eigenvalue weighted by Crippen LogP contribution is -2.31. The van der Waals surface area contributed by atoms with E-state index in [9.17, 15) is 19.2 Å². The fraction of sp³-hybridized carbons (Fsp3) is 0.200. The van der Waals surface area contributed by atoms with Gasteiger partial charge >= 0.3 is 11.8 Å². The Morgan fingerprint density at radius 2 is 1.31 bits per heavy atom. The van der Waals surface area contributed by atoms with Crippen molar-refractivity contribution in [2.45, 2.75) is 5.79 Å². The number of hydrogen-bond acceptors (Lipinski definition) is 7. The number of carboxylic acids is 1. The van der Waals surface area contributed by atoms with Crippen LogP contribution in [0.15, 0.2) is 15.0 Å². The second kappa shape index (κ2) is 4.48. The third-order valence-corrected chi connectivity index (χ3v) is 0.892. The molecule has 0 unspecified atom stereocenters. The predicted molar refractivity (Wildman–Crippen MR) is 34.7 cm³/mol. The normalized spacial score (nSPS) is 12.3. The van der Waals surface area contributed by atoms with E-state index >= 15 is 0 Å². The smallest absolute Gasteiger partial charge is 0.381 e. The summed E-state index contributed by atoms with van der Waals surface area (Å²) in [6.07, 6.45) is 2.43. The van der Waals surface area contributed by atoms with Gasteiger partial charge in [0, 0.05) is 0 Å². The van der Waals surface area contributed by atoms with Crippen LogP contribution >= 0.6 is 0 Å². The van der Waals surface area contributed by atoms with E-state index in [1.165, 1.54) is 0 Å². The average molecular weight is 183 g/mol. The molecule has 0 amide bonds. The van der Waals surface area contributed by atoms with E-state index in [2.05, 4.69) is 15.0 Å². The van der Waals surface area contributed by atoms with Crippen LogP contribution in [0.5, 0.6) is 0 Å². The van der Waals surface area contributed by atoms with E-state index < -0.39 is 11.8 Å². The van der Waals surface area contributed by atoms with Crippen molar-refractivity contribution >= 4 is 24.2 Å². The molecule has 0 aromatic heterocycles. The fourth-order valence-electron chi connectivity index (χ4n) is 0.409. The zero-order chi connectivity index (χ0) is 10.3. The van der Waals surface area contributed by atoms with Crippen molar-refractivity contribution in [1.29, 1.82) is 0 Å². The molecule has 0 spiro atoms. The van der Waals surface area contributed by atoms with Crippen LogP contribution in [0.3, 0.4) is 0 Å². The topological polar surface area (TPSA) is 126 Å². The maximum absolute atomic E-state index is 10.4. The number of carboxylic acid groups (broad SMARTS) is 1. The average Bonchev–Trinajstić information content (AvgIpc) is 2.05. The van der Waals surface area contributed by atoms with Crippen LogP contribution in [0.4, 0.5) is 0 Å². The summed E-state index contributed by atoms with van der Waals surface area (Å²) >= 11 is 0. The molecule has 13 heavy (non-hydrogen) atoms. The molecule has 0 atom stereocenters. The Hall–Kier alpha value is -2.39. The maximum Gasteiger partial charge on any atom is 0.381 e. The number of isocyanates is 3. The highest BCUT2D eigenvalue weighted by Gasteiger charge is 2.39. The molecule has 0 aromatic carbocycles. The zero-order valence-corrected chi connectivity index (χ0v) is 5.92. The number of hydrogen-bond donors (Lipinski definition) is 1. The number of nitrogens with zero attached hydrogens (tertiary/aromatic N) is 3. The maximum atomic E-state index is 10.4. The molecular weight excluding hydrogens is 182 g/mol. The van der Waals surface area contributed by atoms with Gasteiger partial charge in [-0.15, -0.1) is 15.0 Å². The van der Waals surface area contributed by atoms with Crippen molar-refractivity contribution in [2.75, 3.05) is 0 Å². The van der Waals surface area contributed by atoms with Gasteiger partial charge in [0.25, 0.3) is 0 Å². The van der Waals surface area contributed by atoms with Crippen molar-refractivity contribution in [3.8, 4) is 0 Å². The minimum atomic E-state index is -2.83. The molecule has 8 nitrogen and oxygen atoms in total. The van der Waals surface area contributed by atoms with Crippen molar-refractivity contribution in [3.05, 3.63) is 0 Å². The summed E-state index contributed by atoms with van der Waals surface area (Å²) in [6, 6.07) is 0. The first-order valence-corrected chi connectivity index (χ1v) is 2.63. The first-order chi connectivity index (χ1) is 6.13. The Kier molecular flexibility index (Phi) is 3.66. The molecule has 0 fully saturated rings. The van der Waals surface area contributed by atoms with Crippen molar-refractivity contribution in [1.82, 2.24) is 0 Å². The number of aliphatic imine (C=N–C) groups is 3. The van der Waals surface area contributed by atoms with Gasteiger partial charge < -0.3 is 5.11 Å². The fourth-order valence-corrected chi connectivity index (χ4v) is 0.409. The lowest BCUT2D eigenvalue weighted by Gasteiger charge is -2.06. The summed E-state index contributed by atoms with van der Waals surface area (Å²) in [5.74, 6) is -4.71. The van der Waals surface area contributed by atoms with Gasteiger partial charge in [-0.25, -0.2) is 19.2 Å². The first kappa shape index (κ1) is 10.6. The van der Waals surface area contributed by atoms with Crippen LogP contribution in [0.25, 0.3) is 0 Å². The van der Waals surface area contributed by atoms with E-state index in [1.807, 2.05) is 0 Å². The van der Waals surface area contributed by atoms with Crippen LogP contribution in [0.2, 0.25) is 0 Å². The van der Waals surface area contributed by atoms with E-state index in [4.69, 9.17) is 5.11 Å². The lowest BCUT2D eigenvalue weighted by molar-refractivity contribution is -0.142. The molecule has 0 radical (unpaired) electrons. The van der Waals surface area contributed by atoms with Crippen LogP contribution in [-0.4, -0.2) is 35.1 Å². The molecule has 8 heteroatoms. The SMILES string of the molecule is O=C=NC(N=C=O)(N=C=O)C(=O)O. The minimum absolute atomic E-state index is 0.808. The Morgan fingerprint density at radius 1 is 1.00 bits per heavy atom. The summed E-state index contributed by atoms with van der Waals surface area (Å²) in [4.78, 5) is 47.3. The number of carbonyl (C=O) groups is 1. The largest absolute Gasteiger partial charge is 0.476 e. The van der Waals surface area contributed by atoms with E-state index in [0.29, 0.717) is 0 Å². The van der Waals surface area contributed by atoms with Gasteiger partial charge in [-0.1, -0.05) is 0 Å². The van der Waals surface area contributed by atoms with Gasteiger partial charge in [0.2, 0.25) is 18.2 Å².